The predicted molar refractivity (Wildman–Crippen MR) is 124 cm³/mol. The van der Waals surface area contributed by atoms with Gasteiger partial charge in [-0.2, -0.15) is 5.10 Å². The fourth-order valence-corrected chi connectivity index (χ4v) is 4.56. The van der Waals surface area contributed by atoms with Gasteiger partial charge >= 0.3 is 0 Å². The number of nitrogens with one attached hydrogen (secondary N) is 1. The van der Waals surface area contributed by atoms with E-state index in [9.17, 15) is 18.4 Å². The Morgan fingerprint density at radius 3 is 2.69 bits per heavy atom. The maximum Gasteiger partial charge on any atom is 0.272 e. The summed E-state index contributed by atoms with van der Waals surface area (Å²) in [6.45, 7) is 0.299. The molecule has 2 aliphatic rings. The molecule has 1 amide bonds. The van der Waals surface area contributed by atoms with Crippen LogP contribution in [0.1, 0.15) is 51.0 Å². The highest BCUT2D eigenvalue weighted by Gasteiger charge is 2.42. The molecule has 8 nitrogen and oxygen atoms in total. The molecular formula is C25H20F2N6O2. The van der Waals surface area contributed by atoms with Crippen LogP contribution in [0.15, 0.2) is 47.3 Å². The lowest BCUT2D eigenvalue weighted by atomic mass is 10.0. The minimum absolute atomic E-state index is 0.0817. The van der Waals surface area contributed by atoms with E-state index >= 15 is 0 Å². The van der Waals surface area contributed by atoms with Gasteiger partial charge in [0.2, 0.25) is 0 Å². The highest BCUT2D eigenvalue weighted by molar-refractivity contribution is 5.95. The molecule has 1 aliphatic carbocycles. The monoisotopic (exact) mass is 474 g/mol. The molecule has 2 aromatic heterocycles. The number of nitrogens with zero attached hydrogens (tertiary/aromatic N) is 4. The number of rotatable bonds is 4. The second-order valence-electron chi connectivity index (χ2n) is 8.95. The first-order valence-electron chi connectivity index (χ1n) is 11.2. The van der Waals surface area contributed by atoms with Crippen LogP contribution >= 0.6 is 0 Å². The number of fused-ring (bicyclic) bond motifs is 2. The summed E-state index contributed by atoms with van der Waals surface area (Å²) >= 11 is 0. The van der Waals surface area contributed by atoms with Gasteiger partial charge < -0.3 is 10.6 Å². The molecule has 4 aromatic rings. The molecule has 3 N–H and O–H groups in total. The summed E-state index contributed by atoms with van der Waals surface area (Å²) in [5, 5.41) is 7.85. The van der Waals surface area contributed by atoms with Gasteiger partial charge in [0.05, 0.1) is 41.3 Å². The molecule has 2 aromatic carbocycles. The molecule has 0 spiro atoms. The van der Waals surface area contributed by atoms with Crippen molar-refractivity contribution in [3.05, 3.63) is 92.5 Å². The third-order valence-electron chi connectivity index (χ3n) is 6.57. The average Bonchev–Trinajstić information content (AvgIpc) is 3.42. The molecule has 3 heterocycles. The smallest absolute Gasteiger partial charge is 0.272 e. The molecule has 0 radical (unpaired) electrons. The van der Waals surface area contributed by atoms with Gasteiger partial charge in [0.25, 0.3) is 11.5 Å². The lowest BCUT2D eigenvalue weighted by molar-refractivity contribution is 0.0745. The summed E-state index contributed by atoms with van der Waals surface area (Å²) in [5.74, 6) is -0.912. The summed E-state index contributed by atoms with van der Waals surface area (Å²) in [7, 11) is 0. The van der Waals surface area contributed by atoms with E-state index in [1.807, 2.05) is 6.07 Å². The molecule has 35 heavy (non-hydrogen) atoms. The number of halogens is 2. The van der Waals surface area contributed by atoms with Gasteiger partial charge in [-0.1, -0.05) is 24.3 Å². The first kappa shape index (κ1) is 21.3. The second kappa shape index (κ2) is 7.93. The number of hydrogen-bond acceptors (Lipinski definition) is 6. The van der Waals surface area contributed by atoms with Crippen LogP contribution < -0.4 is 11.3 Å². The molecule has 10 heteroatoms. The van der Waals surface area contributed by atoms with Gasteiger partial charge in [0.15, 0.2) is 0 Å². The van der Waals surface area contributed by atoms with Crippen LogP contribution in [0, 0.1) is 5.82 Å². The second-order valence-corrected chi connectivity index (χ2v) is 8.95. The van der Waals surface area contributed by atoms with Crippen molar-refractivity contribution >= 4 is 22.5 Å². The van der Waals surface area contributed by atoms with E-state index in [2.05, 4.69) is 20.2 Å². The lowest BCUT2D eigenvalue weighted by Gasteiger charge is -2.16. The number of H-pyrrole nitrogens is 1. The molecule has 176 valence electrons. The van der Waals surface area contributed by atoms with Crippen LogP contribution in [-0.2, 0) is 19.5 Å². The number of anilines is 1. The summed E-state index contributed by atoms with van der Waals surface area (Å²) in [5.41, 5.74) is 8.15. The summed E-state index contributed by atoms with van der Waals surface area (Å²) < 4.78 is 28.2. The first-order valence-corrected chi connectivity index (χ1v) is 11.2. The van der Waals surface area contributed by atoms with E-state index in [4.69, 9.17) is 5.73 Å². The lowest BCUT2D eigenvalue weighted by Crippen LogP contribution is -2.26. The molecule has 0 bridgehead atoms. The molecule has 1 aliphatic heterocycles. The Hall–Kier alpha value is -4.21. The van der Waals surface area contributed by atoms with Crippen molar-refractivity contribution in [2.45, 2.75) is 38.0 Å². The van der Waals surface area contributed by atoms with Crippen molar-refractivity contribution in [2.75, 3.05) is 5.73 Å². The van der Waals surface area contributed by atoms with E-state index in [1.165, 1.54) is 17.0 Å². The normalized spacial score (nSPS) is 18.6. The Labute approximate surface area is 197 Å². The number of aromatic nitrogens is 4. The van der Waals surface area contributed by atoms with Crippen molar-refractivity contribution in [2.24, 2.45) is 0 Å². The summed E-state index contributed by atoms with van der Waals surface area (Å²) in [6.07, 6.45) is -0.290. The quantitative estimate of drug-likeness (QED) is 0.470. The van der Waals surface area contributed by atoms with Gasteiger partial charge in [-0.15, -0.1) is 0 Å². The number of nitrogens with two attached hydrogens (primary N) is 1. The Balaban J connectivity index is 1.27. The zero-order valence-electron chi connectivity index (χ0n) is 18.5. The highest BCUT2D eigenvalue weighted by Crippen LogP contribution is 2.43. The molecule has 1 fully saturated rings. The van der Waals surface area contributed by atoms with Crippen molar-refractivity contribution in [1.82, 2.24) is 25.1 Å². The predicted octanol–water partition coefficient (Wildman–Crippen LogP) is 3.01. The number of nitrogen functional groups attached to an aromatic ring is 1. The molecule has 0 unspecified atom stereocenters. The van der Waals surface area contributed by atoms with Gasteiger partial charge in [-0.05, 0) is 30.2 Å². The molecule has 1 saturated carbocycles. The Morgan fingerprint density at radius 2 is 1.91 bits per heavy atom. The molecule has 2 atom stereocenters. The number of aromatic amines is 1. The van der Waals surface area contributed by atoms with Gasteiger partial charge in [-0.3, -0.25) is 9.59 Å². The van der Waals surface area contributed by atoms with Crippen LogP contribution in [0.2, 0.25) is 0 Å². The fraction of sp³-hybridized carbons (Fsp3) is 0.240. The SMILES string of the molecule is Nc1nc([C@H]2C[C@@H]2F)nc2c1CN(C(=O)c1cc(Cc3n[nH]c(=O)c4ccccc34)ccc1F)C2. The minimum atomic E-state index is -0.961. The third kappa shape index (κ3) is 3.71. The number of alkyl halides is 1. The van der Waals surface area contributed by atoms with Crippen molar-refractivity contribution in [3.63, 3.8) is 0 Å². The van der Waals surface area contributed by atoms with Crippen molar-refractivity contribution < 1.29 is 13.6 Å². The maximum atomic E-state index is 14.7. The zero-order valence-corrected chi connectivity index (χ0v) is 18.5. The van der Waals surface area contributed by atoms with E-state index in [0.29, 0.717) is 52.0 Å². The zero-order chi connectivity index (χ0) is 24.3. The third-order valence-corrected chi connectivity index (χ3v) is 6.57. The van der Waals surface area contributed by atoms with Gasteiger partial charge in [-0.25, -0.2) is 23.8 Å². The van der Waals surface area contributed by atoms with Crippen LogP contribution in [0.5, 0.6) is 0 Å². The van der Waals surface area contributed by atoms with Gasteiger partial charge in [0, 0.05) is 17.4 Å². The van der Waals surface area contributed by atoms with Crippen LogP contribution in [0.4, 0.5) is 14.6 Å². The van der Waals surface area contributed by atoms with Crippen molar-refractivity contribution in [3.8, 4) is 0 Å². The number of carbonyl (C=O) groups excluding carboxylic acids is 1. The van der Waals surface area contributed by atoms with Crippen LogP contribution in [0.25, 0.3) is 10.8 Å². The van der Waals surface area contributed by atoms with Crippen molar-refractivity contribution in [1.29, 1.82) is 0 Å². The van der Waals surface area contributed by atoms with E-state index in [0.717, 1.165) is 0 Å². The maximum absolute atomic E-state index is 14.7. The fourth-order valence-electron chi connectivity index (χ4n) is 4.56. The molecular weight excluding hydrogens is 454 g/mol. The Kier molecular flexibility index (Phi) is 4.84. The van der Waals surface area contributed by atoms with Crippen LogP contribution in [0.3, 0.4) is 0 Å². The highest BCUT2D eigenvalue weighted by atomic mass is 19.1. The van der Waals surface area contributed by atoms with E-state index < -0.39 is 17.9 Å². The molecule has 0 saturated heterocycles. The minimum Gasteiger partial charge on any atom is -0.383 e. The Morgan fingerprint density at radius 1 is 1.14 bits per heavy atom. The van der Waals surface area contributed by atoms with Gasteiger partial charge in [0.1, 0.15) is 23.6 Å². The van der Waals surface area contributed by atoms with E-state index in [1.54, 1.807) is 24.3 Å². The van der Waals surface area contributed by atoms with E-state index in [-0.39, 0.29) is 35.9 Å². The molecule has 6 rings (SSSR count). The topological polar surface area (TPSA) is 118 Å². The number of hydrogen-bond donors (Lipinski definition) is 2. The largest absolute Gasteiger partial charge is 0.383 e. The number of benzene rings is 2. The number of carbonyl (C=O) groups is 1. The average molecular weight is 474 g/mol. The summed E-state index contributed by atoms with van der Waals surface area (Å²) in [4.78, 5) is 35.4. The first-order chi connectivity index (χ1) is 16.9. The standard InChI is InChI=1S/C25H20F2N6O2/c26-18-6-5-12(8-20-13-3-1-2-4-14(13)24(34)32-31-20)7-16(18)25(35)33-10-17-21(11-33)29-23(30-22(17)28)15-9-19(15)27/h1-7,15,19H,8-11H2,(H,32,34)(H2,28,29,30)/t15-,19-/m0/s1. The summed E-state index contributed by atoms with van der Waals surface area (Å²) in [6, 6.07) is 11.4. The number of amides is 1. The Bertz CT molecular complexity index is 1570. The van der Waals surface area contributed by atoms with Crippen LogP contribution in [-0.4, -0.2) is 37.1 Å².